The summed E-state index contributed by atoms with van der Waals surface area (Å²) in [6.07, 6.45) is 4.52. The molecule has 1 aliphatic rings. The lowest BCUT2D eigenvalue weighted by Gasteiger charge is -2.40. The Morgan fingerprint density at radius 3 is 2.15 bits per heavy atom. The Balaban J connectivity index is 1.77. The van der Waals surface area contributed by atoms with E-state index in [2.05, 4.69) is 55.7 Å². The van der Waals surface area contributed by atoms with Gasteiger partial charge in [-0.2, -0.15) is 0 Å². The van der Waals surface area contributed by atoms with Crippen molar-refractivity contribution in [3.05, 3.63) is 70.8 Å². The van der Waals surface area contributed by atoms with Crippen LogP contribution in [-0.4, -0.2) is 29.7 Å². The third kappa shape index (κ3) is 6.86. The molecule has 0 aliphatic heterocycles. The molecule has 3 rings (SSSR count). The lowest BCUT2D eigenvalue weighted by Crippen LogP contribution is -2.53. The topological polar surface area (TPSA) is 61.4 Å². The van der Waals surface area contributed by atoms with E-state index < -0.39 is 23.8 Å². The van der Waals surface area contributed by atoms with E-state index in [0.717, 1.165) is 31.7 Å². The lowest BCUT2D eigenvalue weighted by atomic mass is 9.75. The number of aliphatic hydroxyl groups excluding tert-OH is 1. The number of hydrogen-bond acceptors (Lipinski definition) is 3. The van der Waals surface area contributed by atoms with Gasteiger partial charge in [-0.1, -0.05) is 64.3 Å². The molecule has 1 saturated carbocycles. The highest BCUT2D eigenvalue weighted by molar-refractivity contribution is 5.73. The molecule has 0 heterocycles. The molecule has 2 aromatic rings. The van der Waals surface area contributed by atoms with Gasteiger partial charge in [0.25, 0.3) is 0 Å². The van der Waals surface area contributed by atoms with Crippen molar-refractivity contribution in [2.24, 2.45) is 0 Å². The van der Waals surface area contributed by atoms with Crippen LogP contribution in [0.15, 0.2) is 42.5 Å². The van der Waals surface area contributed by atoms with Crippen molar-refractivity contribution in [3.8, 4) is 0 Å². The average Bonchev–Trinajstić information content (AvgIpc) is 2.76. The van der Waals surface area contributed by atoms with Crippen LogP contribution in [0.3, 0.4) is 0 Å². The first-order valence-electron chi connectivity index (χ1n) is 12.2. The van der Waals surface area contributed by atoms with E-state index >= 15 is 0 Å². The summed E-state index contributed by atoms with van der Waals surface area (Å²) in [6, 6.07) is 11.3. The standard InChI is InChI=1S/C28H38F2N2O2/c1-19(33)32-25(16-20-14-23(29)17-24(30)15-20)26(34)18-31-28(12-6-5-7-13-28)22-10-8-21(9-11-22)27(2,3)4/h8-11,14-15,17,25-26,31,34H,5-7,12-13,16,18H2,1-4H3,(H,32,33)/t25-,26+/m0/s1. The zero-order valence-corrected chi connectivity index (χ0v) is 20.8. The maximum absolute atomic E-state index is 13.7. The second-order valence-corrected chi connectivity index (χ2v) is 10.7. The predicted molar refractivity (Wildman–Crippen MR) is 132 cm³/mol. The van der Waals surface area contributed by atoms with Crippen molar-refractivity contribution >= 4 is 5.91 Å². The molecule has 2 atom stereocenters. The molecular formula is C28H38F2N2O2. The van der Waals surface area contributed by atoms with Crippen LogP contribution in [0.25, 0.3) is 0 Å². The third-order valence-corrected chi connectivity index (χ3v) is 6.89. The number of hydrogen-bond donors (Lipinski definition) is 3. The molecule has 6 heteroatoms. The quantitative estimate of drug-likeness (QED) is 0.500. The van der Waals surface area contributed by atoms with Crippen molar-refractivity contribution in [3.63, 3.8) is 0 Å². The second-order valence-electron chi connectivity index (χ2n) is 10.7. The van der Waals surface area contributed by atoms with Gasteiger partial charge in [0.05, 0.1) is 12.1 Å². The number of carbonyl (C=O) groups is 1. The molecule has 0 aromatic heterocycles. The zero-order valence-electron chi connectivity index (χ0n) is 20.8. The van der Waals surface area contributed by atoms with E-state index in [4.69, 9.17) is 0 Å². The molecule has 1 aliphatic carbocycles. The number of halogens is 2. The van der Waals surface area contributed by atoms with Crippen LogP contribution >= 0.6 is 0 Å². The van der Waals surface area contributed by atoms with Gasteiger partial charge in [0, 0.05) is 25.1 Å². The molecule has 0 saturated heterocycles. The summed E-state index contributed by atoms with van der Waals surface area (Å²) in [5.41, 5.74) is 2.69. The number of benzene rings is 2. The Bertz CT molecular complexity index is 943. The average molecular weight is 473 g/mol. The van der Waals surface area contributed by atoms with E-state index in [1.165, 1.54) is 36.6 Å². The molecule has 186 valence electrons. The minimum atomic E-state index is -0.928. The van der Waals surface area contributed by atoms with Crippen LogP contribution in [0.1, 0.15) is 76.5 Å². The Morgan fingerprint density at radius 1 is 1.03 bits per heavy atom. The minimum Gasteiger partial charge on any atom is -0.390 e. The molecule has 0 bridgehead atoms. The summed E-state index contributed by atoms with van der Waals surface area (Å²) in [5.74, 6) is -1.65. The highest BCUT2D eigenvalue weighted by atomic mass is 19.1. The largest absolute Gasteiger partial charge is 0.390 e. The Hall–Kier alpha value is -2.31. The molecular weight excluding hydrogens is 434 g/mol. The Labute approximate surface area is 202 Å². The Morgan fingerprint density at radius 2 is 1.62 bits per heavy atom. The fraction of sp³-hybridized carbons (Fsp3) is 0.536. The fourth-order valence-corrected chi connectivity index (χ4v) is 4.98. The van der Waals surface area contributed by atoms with Gasteiger partial charge >= 0.3 is 0 Å². The van der Waals surface area contributed by atoms with Crippen molar-refractivity contribution in [2.45, 2.75) is 89.3 Å². The van der Waals surface area contributed by atoms with Crippen LogP contribution in [0, 0.1) is 11.6 Å². The second kappa shape index (κ2) is 11.0. The van der Waals surface area contributed by atoms with Gasteiger partial charge in [-0.25, -0.2) is 8.78 Å². The maximum Gasteiger partial charge on any atom is 0.217 e. The van der Waals surface area contributed by atoms with Crippen LogP contribution < -0.4 is 10.6 Å². The summed E-state index contributed by atoms with van der Waals surface area (Å²) in [6.45, 7) is 8.21. The van der Waals surface area contributed by atoms with Gasteiger partial charge in [0.1, 0.15) is 11.6 Å². The molecule has 2 aromatic carbocycles. The van der Waals surface area contributed by atoms with Crippen LogP contribution in [0.4, 0.5) is 8.78 Å². The summed E-state index contributed by atoms with van der Waals surface area (Å²) in [5, 5.41) is 17.4. The third-order valence-electron chi connectivity index (χ3n) is 6.89. The van der Waals surface area contributed by atoms with E-state index in [9.17, 15) is 18.7 Å². The molecule has 3 N–H and O–H groups in total. The van der Waals surface area contributed by atoms with Gasteiger partial charge in [-0.05, 0) is 53.5 Å². The van der Waals surface area contributed by atoms with Gasteiger partial charge < -0.3 is 15.7 Å². The molecule has 1 fully saturated rings. The first-order chi connectivity index (χ1) is 16.0. The first kappa shape index (κ1) is 26.3. The fourth-order valence-electron chi connectivity index (χ4n) is 4.98. The summed E-state index contributed by atoms with van der Waals surface area (Å²) >= 11 is 0. The van der Waals surface area contributed by atoms with Crippen molar-refractivity contribution in [1.82, 2.24) is 10.6 Å². The monoisotopic (exact) mass is 472 g/mol. The van der Waals surface area contributed by atoms with Crippen LogP contribution in [0.2, 0.25) is 0 Å². The number of nitrogens with one attached hydrogen (secondary N) is 2. The Kier molecular flexibility index (Phi) is 8.47. The number of carbonyl (C=O) groups excluding carboxylic acids is 1. The van der Waals surface area contributed by atoms with E-state index in [1.807, 2.05) is 0 Å². The van der Waals surface area contributed by atoms with Gasteiger partial charge in [0.2, 0.25) is 5.91 Å². The molecule has 34 heavy (non-hydrogen) atoms. The normalized spacial score (nSPS) is 17.7. The molecule has 4 nitrogen and oxygen atoms in total. The SMILES string of the molecule is CC(=O)N[C@@H](Cc1cc(F)cc(F)c1)[C@H](O)CNC1(c2ccc(C(C)(C)C)cc2)CCCCC1. The van der Waals surface area contributed by atoms with E-state index in [-0.39, 0.29) is 29.8 Å². The summed E-state index contributed by atoms with van der Waals surface area (Å²) < 4.78 is 27.3. The molecule has 1 amide bonds. The van der Waals surface area contributed by atoms with Crippen molar-refractivity contribution in [2.75, 3.05) is 6.54 Å². The van der Waals surface area contributed by atoms with E-state index in [1.54, 1.807) is 0 Å². The van der Waals surface area contributed by atoms with Crippen molar-refractivity contribution in [1.29, 1.82) is 0 Å². The van der Waals surface area contributed by atoms with Crippen LogP contribution in [-0.2, 0) is 22.2 Å². The van der Waals surface area contributed by atoms with Crippen molar-refractivity contribution < 1.29 is 18.7 Å². The van der Waals surface area contributed by atoms with Gasteiger partial charge in [0.15, 0.2) is 0 Å². The highest BCUT2D eigenvalue weighted by Crippen LogP contribution is 2.38. The first-order valence-corrected chi connectivity index (χ1v) is 12.2. The maximum atomic E-state index is 13.7. The number of rotatable bonds is 8. The molecule has 0 spiro atoms. The molecule has 0 unspecified atom stereocenters. The predicted octanol–water partition coefficient (Wildman–Crippen LogP) is 5.12. The highest BCUT2D eigenvalue weighted by Gasteiger charge is 2.35. The minimum absolute atomic E-state index is 0.0733. The number of aliphatic hydroxyl groups is 1. The molecule has 0 radical (unpaired) electrons. The van der Waals surface area contributed by atoms with Gasteiger partial charge in [-0.15, -0.1) is 0 Å². The van der Waals surface area contributed by atoms with Crippen LogP contribution in [0.5, 0.6) is 0 Å². The smallest absolute Gasteiger partial charge is 0.217 e. The zero-order chi connectivity index (χ0) is 24.9. The summed E-state index contributed by atoms with van der Waals surface area (Å²) in [7, 11) is 0. The van der Waals surface area contributed by atoms with E-state index in [0.29, 0.717) is 5.56 Å². The summed E-state index contributed by atoms with van der Waals surface area (Å²) in [4.78, 5) is 11.8. The number of amides is 1. The van der Waals surface area contributed by atoms with Gasteiger partial charge in [-0.3, -0.25) is 4.79 Å². The lowest BCUT2D eigenvalue weighted by molar-refractivity contribution is -0.120.